The highest BCUT2D eigenvalue weighted by atomic mass is 32.1. The van der Waals surface area contributed by atoms with Crippen molar-refractivity contribution in [3.8, 4) is 0 Å². The van der Waals surface area contributed by atoms with Crippen LogP contribution < -0.4 is 4.90 Å². The van der Waals surface area contributed by atoms with Crippen LogP contribution >= 0.6 is 11.5 Å². The summed E-state index contributed by atoms with van der Waals surface area (Å²) in [6.45, 7) is 1.96. The van der Waals surface area contributed by atoms with E-state index < -0.39 is 0 Å². The Morgan fingerprint density at radius 3 is 3.14 bits per heavy atom. The molecule has 0 spiro atoms. The van der Waals surface area contributed by atoms with Crippen LogP contribution in [-0.2, 0) is 0 Å². The maximum atomic E-state index is 4.47. The lowest BCUT2D eigenvalue weighted by Crippen LogP contribution is -2.37. The van der Waals surface area contributed by atoms with Crippen LogP contribution in [-0.4, -0.2) is 21.4 Å². The van der Waals surface area contributed by atoms with Gasteiger partial charge in [0.05, 0.1) is 0 Å². The van der Waals surface area contributed by atoms with Crippen LogP contribution in [0.4, 0.5) is 5.13 Å². The van der Waals surface area contributed by atoms with Crippen LogP contribution in [0.2, 0.25) is 0 Å². The largest absolute Gasteiger partial charge is 0.337 e. The van der Waals surface area contributed by atoms with Crippen LogP contribution in [0.3, 0.4) is 0 Å². The topological polar surface area (TPSA) is 29.0 Å². The fourth-order valence-corrected chi connectivity index (χ4v) is 3.22. The van der Waals surface area contributed by atoms with E-state index in [0.29, 0.717) is 12.1 Å². The summed E-state index contributed by atoms with van der Waals surface area (Å²) in [7, 11) is 0. The molecule has 2 bridgehead atoms. The Hall–Kier alpha value is -0.900. The Morgan fingerprint density at radius 2 is 2.43 bits per heavy atom. The molecular formula is C10H13N3S. The molecule has 1 aromatic heterocycles. The lowest BCUT2D eigenvalue weighted by molar-refractivity contribution is 0.646. The average Bonchev–Trinajstić information content (AvgIpc) is 2.68. The van der Waals surface area contributed by atoms with Gasteiger partial charge in [-0.25, -0.2) is 4.98 Å². The van der Waals surface area contributed by atoms with Gasteiger partial charge in [-0.05, 0) is 26.2 Å². The first-order chi connectivity index (χ1) is 6.84. The van der Waals surface area contributed by atoms with Crippen molar-refractivity contribution in [2.45, 2.75) is 38.3 Å². The summed E-state index contributed by atoms with van der Waals surface area (Å²) in [4.78, 5) is 6.92. The summed E-state index contributed by atoms with van der Waals surface area (Å²) >= 11 is 1.53. The van der Waals surface area contributed by atoms with Gasteiger partial charge in [0.1, 0.15) is 5.82 Å². The number of nitrogens with zero attached hydrogens (tertiary/aromatic N) is 3. The van der Waals surface area contributed by atoms with Gasteiger partial charge in [-0.3, -0.25) is 0 Å². The van der Waals surface area contributed by atoms with Gasteiger partial charge in [0, 0.05) is 23.6 Å². The summed E-state index contributed by atoms with van der Waals surface area (Å²) < 4.78 is 4.25. The lowest BCUT2D eigenvalue weighted by atomic mass is 10.1. The summed E-state index contributed by atoms with van der Waals surface area (Å²) in [5, 5.41) is 1.11. The molecule has 0 N–H and O–H groups in total. The highest BCUT2D eigenvalue weighted by Crippen LogP contribution is 2.36. The molecule has 3 heterocycles. The lowest BCUT2D eigenvalue weighted by Gasteiger charge is -2.30. The Morgan fingerprint density at radius 1 is 1.50 bits per heavy atom. The number of rotatable bonds is 1. The molecule has 4 heteroatoms. The van der Waals surface area contributed by atoms with E-state index in [4.69, 9.17) is 0 Å². The molecule has 0 saturated carbocycles. The van der Waals surface area contributed by atoms with E-state index in [0.717, 1.165) is 11.0 Å². The van der Waals surface area contributed by atoms with E-state index in [1.807, 2.05) is 6.92 Å². The minimum absolute atomic E-state index is 0.584. The van der Waals surface area contributed by atoms with Gasteiger partial charge < -0.3 is 4.90 Å². The normalized spacial score (nSPS) is 29.9. The summed E-state index contributed by atoms with van der Waals surface area (Å²) in [6.07, 6.45) is 8.39. The zero-order chi connectivity index (χ0) is 9.54. The molecule has 2 aliphatic heterocycles. The fourth-order valence-electron chi connectivity index (χ4n) is 2.41. The Kier molecular flexibility index (Phi) is 1.83. The minimum atomic E-state index is 0.584. The predicted octanol–water partition coefficient (Wildman–Crippen LogP) is 2.14. The molecule has 1 fully saturated rings. The second-order valence-electron chi connectivity index (χ2n) is 3.99. The van der Waals surface area contributed by atoms with Gasteiger partial charge >= 0.3 is 0 Å². The van der Waals surface area contributed by atoms with Gasteiger partial charge in [-0.1, -0.05) is 12.2 Å². The quantitative estimate of drug-likeness (QED) is 0.661. The van der Waals surface area contributed by atoms with Gasteiger partial charge in [0.2, 0.25) is 5.13 Å². The van der Waals surface area contributed by atoms with Crippen LogP contribution in [0.5, 0.6) is 0 Å². The second kappa shape index (κ2) is 3.05. The van der Waals surface area contributed by atoms with Crippen molar-refractivity contribution in [3.63, 3.8) is 0 Å². The zero-order valence-corrected chi connectivity index (χ0v) is 9.00. The second-order valence-corrected chi connectivity index (χ2v) is 4.72. The zero-order valence-electron chi connectivity index (χ0n) is 8.18. The Bertz CT molecular complexity index is 371. The van der Waals surface area contributed by atoms with Crippen LogP contribution in [0.1, 0.15) is 25.1 Å². The van der Waals surface area contributed by atoms with E-state index in [1.165, 1.54) is 30.8 Å². The number of aromatic nitrogens is 2. The van der Waals surface area contributed by atoms with E-state index in [9.17, 15) is 0 Å². The number of hydrogen-bond donors (Lipinski definition) is 0. The first kappa shape index (κ1) is 8.41. The first-order valence-corrected chi connectivity index (χ1v) is 5.87. The molecule has 2 aliphatic rings. The van der Waals surface area contributed by atoms with Crippen LogP contribution in [0.15, 0.2) is 12.2 Å². The van der Waals surface area contributed by atoms with Gasteiger partial charge in [-0.2, -0.15) is 4.37 Å². The summed E-state index contributed by atoms with van der Waals surface area (Å²) in [5.41, 5.74) is 0. The van der Waals surface area contributed by atoms with Crippen molar-refractivity contribution < 1.29 is 0 Å². The van der Waals surface area contributed by atoms with Gasteiger partial charge in [0.25, 0.3) is 0 Å². The van der Waals surface area contributed by atoms with E-state index in [-0.39, 0.29) is 0 Å². The number of anilines is 1. The monoisotopic (exact) mass is 207 g/mol. The Balaban J connectivity index is 1.96. The van der Waals surface area contributed by atoms with Gasteiger partial charge in [0.15, 0.2) is 0 Å². The maximum absolute atomic E-state index is 4.47. The van der Waals surface area contributed by atoms with Crippen LogP contribution in [0.25, 0.3) is 0 Å². The molecule has 2 unspecified atom stereocenters. The predicted molar refractivity (Wildman–Crippen MR) is 57.7 cm³/mol. The molecule has 0 aliphatic carbocycles. The molecular weight excluding hydrogens is 194 g/mol. The number of fused-ring (bicyclic) bond motifs is 2. The third kappa shape index (κ3) is 1.17. The number of hydrogen-bond acceptors (Lipinski definition) is 4. The first-order valence-electron chi connectivity index (χ1n) is 5.10. The molecule has 0 aromatic carbocycles. The van der Waals surface area contributed by atoms with E-state index in [2.05, 4.69) is 26.4 Å². The van der Waals surface area contributed by atoms with E-state index in [1.54, 1.807) is 0 Å². The molecule has 3 nitrogen and oxygen atoms in total. The molecule has 3 rings (SSSR count). The summed E-state index contributed by atoms with van der Waals surface area (Å²) in [5.74, 6) is 0.902. The van der Waals surface area contributed by atoms with Crippen molar-refractivity contribution in [3.05, 3.63) is 18.0 Å². The third-order valence-electron chi connectivity index (χ3n) is 3.05. The van der Waals surface area contributed by atoms with Crippen molar-refractivity contribution >= 4 is 16.7 Å². The van der Waals surface area contributed by atoms with Gasteiger partial charge in [-0.15, -0.1) is 0 Å². The van der Waals surface area contributed by atoms with Crippen molar-refractivity contribution in [2.75, 3.05) is 4.90 Å². The fraction of sp³-hybridized carbons (Fsp3) is 0.600. The highest BCUT2D eigenvalue weighted by Gasteiger charge is 2.35. The summed E-state index contributed by atoms with van der Waals surface area (Å²) in [6, 6.07) is 1.26. The standard InChI is InChI=1S/C10H13N3S/c1-7-11-10(14-12-7)13-8-3-2-4-9(13)6-5-8/h2-3,8-9H,4-6H2,1H3. The molecule has 14 heavy (non-hydrogen) atoms. The minimum Gasteiger partial charge on any atom is -0.337 e. The number of aryl methyl sites for hydroxylation is 1. The molecule has 74 valence electrons. The molecule has 2 atom stereocenters. The van der Waals surface area contributed by atoms with Crippen LogP contribution in [0, 0.1) is 6.92 Å². The molecule has 1 saturated heterocycles. The molecule has 0 radical (unpaired) electrons. The molecule has 0 amide bonds. The van der Waals surface area contributed by atoms with Crippen molar-refractivity contribution in [2.24, 2.45) is 0 Å². The highest BCUT2D eigenvalue weighted by molar-refractivity contribution is 7.09. The third-order valence-corrected chi connectivity index (χ3v) is 3.87. The average molecular weight is 207 g/mol. The Labute approximate surface area is 87.6 Å². The SMILES string of the molecule is Cc1nsc(N2C3C=CCC2CC3)n1. The molecule has 1 aromatic rings. The maximum Gasteiger partial charge on any atom is 0.205 e. The van der Waals surface area contributed by atoms with E-state index >= 15 is 0 Å². The van der Waals surface area contributed by atoms with Crippen molar-refractivity contribution in [1.29, 1.82) is 0 Å². The smallest absolute Gasteiger partial charge is 0.205 e. The van der Waals surface area contributed by atoms with Crippen molar-refractivity contribution in [1.82, 2.24) is 9.36 Å².